The minimum atomic E-state index is -0.332. The van der Waals surface area contributed by atoms with E-state index < -0.39 is 0 Å². The molecule has 172 valence electrons. The lowest BCUT2D eigenvalue weighted by molar-refractivity contribution is -0.115. The van der Waals surface area contributed by atoms with Gasteiger partial charge in [-0.2, -0.15) is 0 Å². The van der Waals surface area contributed by atoms with Crippen LogP contribution < -0.4 is 10.1 Å². The Balaban J connectivity index is 1.20. The summed E-state index contributed by atoms with van der Waals surface area (Å²) in [6, 6.07) is 21.7. The van der Waals surface area contributed by atoms with Gasteiger partial charge in [-0.1, -0.05) is 42.1 Å². The first-order valence-corrected chi connectivity index (χ1v) is 12.1. The van der Waals surface area contributed by atoms with Gasteiger partial charge in [0.2, 0.25) is 5.91 Å². The highest BCUT2D eigenvalue weighted by Gasteiger charge is 2.31. The number of benzene rings is 2. The highest BCUT2D eigenvalue weighted by Crippen LogP contribution is 2.41. The predicted octanol–water partition coefficient (Wildman–Crippen LogP) is 5.37. The third kappa shape index (κ3) is 5.28. The molecule has 1 aliphatic rings. The number of nitrogens with one attached hydrogen (secondary N) is 1. The minimum Gasteiger partial charge on any atom is -0.489 e. The maximum Gasteiger partial charge on any atom is 0.237 e. The van der Waals surface area contributed by atoms with Crippen molar-refractivity contribution in [2.24, 2.45) is 0 Å². The topological polar surface area (TPSA) is 81.9 Å². The molecule has 0 bridgehead atoms. The third-order valence-corrected chi connectivity index (χ3v) is 6.59. The van der Waals surface area contributed by atoms with Gasteiger partial charge in [-0.05, 0) is 61.7 Å². The van der Waals surface area contributed by atoms with Crippen LogP contribution in [0, 0.1) is 0 Å². The van der Waals surface area contributed by atoms with Gasteiger partial charge in [0, 0.05) is 29.7 Å². The van der Waals surface area contributed by atoms with Crippen LogP contribution in [0.3, 0.4) is 0 Å². The van der Waals surface area contributed by atoms with Gasteiger partial charge in [0.15, 0.2) is 11.0 Å². The van der Waals surface area contributed by atoms with Crippen LogP contribution in [0.2, 0.25) is 0 Å². The van der Waals surface area contributed by atoms with E-state index in [4.69, 9.17) is 4.74 Å². The summed E-state index contributed by atoms with van der Waals surface area (Å²) in [5.74, 6) is 1.50. The molecule has 0 unspecified atom stereocenters. The van der Waals surface area contributed by atoms with Crippen molar-refractivity contribution in [1.29, 1.82) is 0 Å². The molecule has 1 fully saturated rings. The van der Waals surface area contributed by atoms with Crippen LogP contribution >= 0.6 is 11.8 Å². The molecular weight excluding hydrogens is 446 g/mol. The Morgan fingerprint density at radius 2 is 1.79 bits per heavy atom. The van der Waals surface area contributed by atoms with E-state index in [1.807, 2.05) is 73.7 Å². The second kappa shape index (κ2) is 10.1. The highest BCUT2D eigenvalue weighted by molar-refractivity contribution is 8.00. The monoisotopic (exact) mass is 471 g/mol. The van der Waals surface area contributed by atoms with E-state index in [2.05, 4.69) is 25.1 Å². The summed E-state index contributed by atoms with van der Waals surface area (Å²) in [5.41, 5.74) is 2.82. The summed E-state index contributed by atoms with van der Waals surface area (Å²) in [5, 5.41) is 12.2. The van der Waals surface area contributed by atoms with Crippen molar-refractivity contribution >= 4 is 23.4 Å². The van der Waals surface area contributed by atoms with Crippen molar-refractivity contribution in [3.05, 3.63) is 84.7 Å². The van der Waals surface area contributed by atoms with E-state index in [9.17, 15) is 4.79 Å². The molecule has 0 radical (unpaired) electrons. The van der Waals surface area contributed by atoms with Crippen LogP contribution in [0.5, 0.6) is 5.75 Å². The summed E-state index contributed by atoms with van der Waals surface area (Å²) in [4.78, 5) is 16.9. The Morgan fingerprint density at radius 1 is 1.06 bits per heavy atom. The number of thioether (sulfide) groups is 1. The van der Waals surface area contributed by atoms with E-state index in [1.54, 1.807) is 12.4 Å². The molecule has 2 heterocycles. The lowest BCUT2D eigenvalue weighted by Gasteiger charge is -2.14. The second-order valence-electron chi connectivity index (χ2n) is 8.19. The average Bonchev–Trinajstić information content (AvgIpc) is 3.64. The zero-order valence-electron chi connectivity index (χ0n) is 18.8. The Bertz CT molecular complexity index is 1240. The molecule has 1 N–H and O–H groups in total. The molecule has 1 aliphatic carbocycles. The van der Waals surface area contributed by atoms with Crippen LogP contribution in [0.1, 0.15) is 31.4 Å². The highest BCUT2D eigenvalue weighted by atomic mass is 32.2. The van der Waals surface area contributed by atoms with Gasteiger partial charge < -0.3 is 10.1 Å². The minimum absolute atomic E-state index is 0.0845. The number of hydrogen-bond donors (Lipinski definition) is 1. The third-order valence-electron chi connectivity index (χ3n) is 5.54. The van der Waals surface area contributed by atoms with Gasteiger partial charge >= 0.3 is 0 Å². The number of carbonyl (C=O) groups is 1. The first-order chi connectivity index (χ1) is 16.7. The molecule has 5 rings (SSSR count). The van der Waals surface area contributed by atoms with Crippen molar-refractivity contribution in [3.63, 3.8) is 0 Å². The first-order valence-electron chi connectivity index (χ1n) is 11.3. The smallest absolute Gasteiger partial charge is 0.237 e. The van der Waals surface area contributed by atoms with Gasteiger partial charge in [-0.15, -0.1) is 10.2 Å². The van der Waals surface area contributed by atoms with Gasteiger partial charge in [-0.25, -0.2) is 0 Å². The SMILES string of the molecule is C[C@H](Sc1nnc(-c2ccncc2)n1C1CC1)C(=O)Nc1ccc(OCc2ccccc2)cc1. The quantitative estimate of drug-likeness (QED) is 0.330. The number of hydrogen-bond acceptors (Lipinski definition) is 6. The van der Waals surface area contributed by atoms with Crippen molar-refractivity contribution in [1.82, 2.24) is 19.7 Å². The molecule has 8 heteroatoms. The van der Waals surface area contributed by atoms with Crippen molar-refractivity contribution in [2.75, 3.05) is 5.32 Å². The Hall–Kier alpha value is -3.65. The fourth-order valence-electron chi connectivity index (χ4n) is 3.55. The van der Waals surface area contributed by atoms with E-state index in [0.29, 0.717) is 12.6 Å². The Kier molecular flexibility index (Phi) is 6.58. The van der Waals surface area contributed by atoms with E-state index in [0.717, 1.165) is 46.4 Å². The number of pyridine rings is 1. The largest absolute Gasteiger partial charge is 0.489 e. The fraction of sp³-hybridized carbons (Fsp3) is 0.231. The normalized spacial score (nSPS) is 13.9. The fourth-order valence-corrected chi connectivity index (χ4v) is 4.47. The van der Waals surface area contributed by atoms with Crippen LogP contribution in [-0.2, 0) is 11.4 Å². The van der Waals surface area contributed by atoms with Gasteiger partial charge in [0.05, 0.1) is 5.25 Å². The Labute approximate surface area is 202 Å². The first kappa shape index (κ1) is 22.2. The van der Waals surface area contributed by atoms with Crippen molar-refractivity contribution < 1.29 is 9.53 Å². The Morgan fingerprint density at radius 3 is 2.50 bits per heavy atom. The molecule has 1 saturated carbocycles. The summed E-state index contributed by atoms with van der Waals surface area (Å²) in [7, 11) is 0. The van der Waals surface area contributed by atoms with Gasteiger partial charge in [0.1, 0.15) is 12.4 Å². The molecule has 4 aromatic rings. The average molecular weight is 472 g/mol. The van der Waals surface area contributed by atoms with Gasteiger partial charge in [-0.3, -0.25) is 14.3 Å². The molecule has 7 nitrogen and oxygen atoms in total. The second-order valence-corrected chi connectivity index (χ2v) is 9.50. The summed E-state index contributed by atoms with van der Waals surface area (Å²) in [6.45, 7) is 2.39. The zero-order valence-corrected chi connectivity index (χ0v) is 19.6. The maximum atomic E-state index is 12.9. The summed E-state index contributed by atoms with van der Waals surface area (Å²) < 4.78 is 7.98. The number of carbonyl (C=O) groups excluding carboxylic acids is 1. The van der Waals surface area contributed by atoms with E-state index in [1.165, 1.54) is 11.8 Å². The standard InChI is InChI=1S/C26H25N5O2S/c1-18(34-26-30-29-24(31(26)22-9-10-22)20-13-15-27-16-14-20)25(32)28-21-7-11-23(12-8-21)33-17-19-5-3-2-4-6-19/h2-8,11-16,18,22H,9-10,17H2,1H3,(H,28,32)/t18-/m0/s1. The maximum absolute atomic E-state index is 12.9. The molecule has 2 aromatic carbocycles. The molecule has 2 aromatic heterocycles. The van der Waals surface area contributed by atoms with Crippen LogP contribution in [0.25, 0.3) is 11.4 Å². The molecular formula is C26H25N5O2S. The van der Waals surface area contributed by atoms with Crippen LogP contribution in [0.15, 0.2) is 84.3 Å². The van der Waals surface area contributed by atoms with Crippen molar-refractivity contribution in [2.45, 2.75) is 42.8 Å². The van der Waals surface area contributed by atoms with E-state index >= 15 is 0 Å². The van der Waals surface area contributed by atoms with Crippen LogP contribution in [-0.4, -0.2) is 30.9 Å². The van der Waals surface area contributed by atoms with Gasteiger partial charge in [0.25, 0.3) is 0 Å². The predicted molar refractivity (Wildman–Crippen MR) is 133 cm³/mol. The summed E-state index contributed by atoms with van der Waals surface area (Å²) >= 11 is 1.43. The number of anilines is 1. The molecule has 0 aliphatic heterocycles. The lowest BCUT2D eigenvalue weighted by Crippen LogP contribution is -2.22. The molecule has 0 spiro atoms. The number of ether oxygens (including phenoxy) is 1. The summed E-state index contributed by atoms with van der Waals surface area (Å²) in [6.07, 6.45) is 5.70. The lowest BCUT2D eigenvalue weighted by atomic mass is 10.2. The zero-order chi connectivity index (χ0) is 23.3. The molecule has 0 saturated heterocycles. The molecule has 34 heavy (non-hydrogen) atoms. The number of amides is 1. The van der Waals surface area contributed by atoms with Crippen molar-refractivity contribution in [3.8, 4) is 17.1 Å². The number of aromatic nitrogens is 4. The van der Waals surface area contributed by atoms with E-state index in [-0.39, 0.29) is 11.2 Å². The number of rotatable bonds is 9. The molecule has 1 amide bonds. The van der Waals surface area contributed by atoms with Crippen LogP contribution in [0.4, 0.5) is 5.69 Å². The number of nitrogens with zero attached hydrogens (tertiary/aromatic N) is 4. The molecule has 1 atom stereocenters.